The molecule has 0 bridgehead atoms. The van der Waals surface area contributed by atoms with Crippen LogP contribution in [0.2, 0.25) is 0 Å². The van der Waals surface area contributed by atoms with Gasteiger partial charge in [0.15, 0.2) is 0 Å². The largest absolute Gasteiger partial charge is 0.326 e. The molecule has 1 aromatic rings. The molecule has 0 spiro atoms. The van der Waals surface area contributed by atoms with E-state index in [1.54, 1.807) is 6.92 Å². The molecule has 0 aliphatic carbocycles. The molecule has 2 rings (SSSR count). The number of hydrogen-bond donors (Lipinski definition) is 3. The summed E-state index contributed by atoms with van der Waals surface area (Å²) >= 11 is 0. The number of amides is 1. The molecule has 13 heavy (non-hydrogen) atoms. The number of hydrogen-bond acceptors (Lipinski definition) is 3. The average Bonchev–Trinajstić information content (AvgIpc) is 2.32. The van der Waals surface area contributed by atoms with Crippen molar-refractivity contribution < 1.29 is 4.79 Å². The number of anilines is 1. The van der Waals surface area contributed by atoms with Crippen LogP contribution in [-0.2, 0) is 4.79 Å². The number of rotatable bonds is 0. The maximum Gasteiger partial charge on any atom is 0.326 e. The van der Waals surface area contributed by atoms with Gasteiger partial charge in [-0.1, -0.05) is 0 Å². The second-order valence-corrected chi connectivity index (χ2v) is 2.91. The van der Waals surface area contributed by atoms with Gasteiger partial charge < -0.3 is 10.3 Å². The molecule has 1 aliphatic rings. The van der Waals surface area contributed by atoms with E-state index in [1.165, 1.54) is 0 Å². The average molecular weight is 181 g/mol. The summed E-state index contributed by atoms with van der Waals surface area (Å²) in [6.07, 6.45) is 0. The number of fused-ring (bicyclic) bond motifs is 1. The topological polar surface area (TPSA) is 94.8 Å². The molecular formula is C7H7N3O3. The molecule has 1 unspecified atom stereocenters. The molecule has 3 N–H and O–H groups in total. The van der Waals surface area contributed by atoms with Crippen molar-refractivity contribution in [2.75, 3.05) is 5.32 Å². The zero-order valence-electron chi connectivity index (χ0n) is 6.80. The fourth-order valence-corrected chi connectivity index (χ4v) is 1.32. The molecule has 6 heteroatoms. The number of aromatic amines is 2. The van der Waals surface area contributed by atoms with Crippen molar-refractivity contribution in [3.63, 3.8) is 0 Å². The fraction of sp³-hybridized carbons (Fsp3) is 0.286. The predicted octanol–water partition coefficient (Wildman–Crippen LogP) is -0.881. The first kappa shape index (κ1) is 7.78. The molecule has 6 nitrogen and oxygen atoms in total. The molecule has 0 saturated heterocycles. The van der Waals surface area contributed by atoms with Gasteiger partial charge in [-0.2, -0.15) is 0 Å². The number of H-pyrrole nitrogens is 2. The third kappa shape index (κ3) is 0.986. The summed E-state index contributed by atoms with van der Waals surface area (Å²) in [5.41, 5.74) is -0.639. The predicted molar refractivity (Wildman–Crippen MR) is 44.7 cm³/mol. The standard InChI is InChI=1S/C7H7N3O3/c1-2-3-4(8-5(2)11)6(12)10-7(13)9-3/h2H,1H3,(H,8,11)(H2,9,10,12,13). The van der Waals surface area contributed by atoms with E-state index in [-0.39, 0.29) is 11.6 Å². The van der Waals surface area contributed by atoms with Crippen LogP contribution in [0.25, 0.3) is 0 Å². The molecule has 0 aromatic carbocycles. The number of aromatic nitrogens is 2. The van der Waals surface area contributed by atoms with E-state index < -0.39 is 17.2 Å². The summed E-state index contributed by atoms with van der Waals surface area (Å²) in [5, 5.41) is 2.39. The van der Waals surface area contributed by atoms with E-state index >= 15 is 0 Å². The number of carbonyl (C=O) groups excluding carboxylic acids is 1. The van der Waals surface area contributed by atoms with Crippen molar-refractivity contribution >= 4 is 11.6 Å². The van der Waals surface area contributed by atoms with Gasteiger partial charge >= 0.3 is 5.69 Å². The summed E-state index contributed by atoms with van der Waals surface area (Å²) < 4.78 is 0. The van der Waals surface area contributed by atoms with Gasteiger partial charge in [0.25, 0.3) is 5.56 Å². The highest BCUT2D eigenvalue weighted by molar-refractivity contribution is 6.01. The zero-order chi connectivity index (χ0) is 9.59. The van der Waals surface area contributed by atoms with Crippen molar-refractivity contribution in [3.8, 4) is 0 Å². The molecular weight excluding hydrogens is 174 g/mol. The Kier molecular flexibility index (Phi) is 1.39. The second-order valence-electron chi connectivity index (χ2n) is 2.91. The normalized spacial score (nSPS) is 19.8. The molecule has 1 aromatic heterocycles. The number of nitrogens with one attached hydrogen (secondary N) is 3. The van der Waals surface area contributed by atoms with Crippen LogP contribution in [0.5, 0.6) is 0 Å². The Balaban J connectivity index is 2.78. The second kappa shape index (κ2) is 2.32. The third-order valence-corrected chi connectivity index (χ3v) is 2.05. The minimum atomic E-state index is -0.591. The Bertz CT molecular complexity index is 484. The zero-order valence-corrected chi connectivity index (χ0v) is 6.80. The van der Waals surface area contributed by atoms with Crippen LogP contribution in [0.15, 0.2) is 9.59 Å². The van der Waals surface area contributed by atoms with E-state index in [0.29, 0.717) is 5.69 Å². The quantitative estimate of drug-likeness (QED) is 0.485. The SMILES string of the molecule is CC1C(=O)Nc2c1[nH]c(=O)[nH]c2=O. The highest BCUT2D eigenvalue weighted by atomic mass is 16.2. The van der Waals surface area contributed by atoms with Crippen LogP contribution in [-0.4, -0.2) is 15.9 Å². The molecule has 1 atom stereocenters. The van der Waals surface area contributed by atoms with Crippen LogP contribution >= 0.6 is 0 Å². The Labute approximate surface area is 72.0 Å². The van der Waals surface area contributed by atoms with Crippen LogP contribution in [0, 0.1) is 0 Å². The van der Waals surface area contributed by atoms with Crippen molar-refractivity contribution in [1.29, 1.82) is 0 Å². The van der Waals surface area contributed by atoms with Gasteiger partial charge in [-0.3, -0.25) is 14.6 Å². The van der Waals surface area contributed by atoms with Crippen LogP contribution < -0.4 is 16.6 Å². The van der Waals surface area contributed by atoms with Gasteiger partial charge in [0.2, 0.25) is 5.91 Å². The Morgan fingerprint density at radius 3 is 2.54 bits per heavy atom. The van der Waals surface area contributed by atoms with E-state index in [1.807, 2.05) is 4.98 Å². The first-order valence-corrected chi connectivity index (χ1v) is 3.77. The minimum absolute atomic E-state index is 0.150. The fourth-order valence-electron chi connectivity index (χ4n) is 1.32. The Morgan fingerprint density at radius 1 is 1.15 bits per heavy atom. The summed E-state index contributed by atoms with van der Waals surface area (Å²) in [6.45, 7) is 1.62. The lowest BCUT2D eigenvalue weighted by Crippen LogP contribution is -2.24. The molecule has 1 amide bonds. The minimum Gasteiger partial charge on any atom is -0.319 e. The third-order valence-electron chi connectivity index (χ3n) is 2.05. The van der Waals surface area contributed by atoms with Crippen LogP contribution in [0.4, 0.5) is 5.69 Å². The Morgan fingerprint density at radius 2 is 1.85 bits per heavy atom. The van der Waals surface area contributed by atoms with Crippen LogP contribution in [0.1, 0.15) is 18.5 Å². The van der Waals surface area contributed by atoms with E-state index in [4.69, 9.17) is 0 Å². The van der Waals surface area contributed by atoms with Crippen molar-refractivity contribution in [3.05, 3.63) is 26.5 Å². The lowest BCUT2D eigenvalue weighted by atomic mass is 10.1. The molecule has 68 valence electrons. The summed E-state index contributed by atoms with van der Waals surface area (Å²) in [7, 11) is 0. The highest BCUT2D eigenvalue weighted by Crippen LogP contribution is 2.25. The lowest BCUT2D eigenvalue weighted by molar-refractivity contribution is -0.116. The van der Waals surface area contributed by atoms with E-state index in [0.717, 1.165) is 0 Å². The Hall–Kier alpha value is -1.85. The van der Waals surface area contributed by atoms with Gasteiger partial charge in [0, 0.05) is 0 Å². The van der Waals surface area contributed by atoms with E-state index in [2.05, 4.69) is 10.3 Å². The summed E-state index contributed by atoms with van der Waals surface area (Å²) in [6, 6.07) is 0. The molecule has 0 radical (unpaired) electrons. The van der Waals surface area contributed by atoms with Gasteiger partial charge in [-0.25, -0.2) is 4.79 Å². The molecule has 1 aliphatic heterocycles. The maximum absolute atomic E-state index is 11.1. The van der Waals surface area contributed by atoms with Crippen molar-refractivity contribution in [1.82, 2.24) is 9.97 Å². The first-order valence-electron chi connectivity index (χ1n) is 3.77. The number of carbonyl (C=O) groups is 1. The van der Waals surface area contributed by atoms with Gasteiger partial charge in [-0.15, -0.1) is 0 Å². The monoisotopic (exact) mass is 181 g/mol. The maximum atomic E-state index is 11.1. The van der Waals surface area contributed by atoms with Gasteiger partial charge in [0.05, 0.1) is 11.6 Å². The first-order chi connectivity index (χ1) is 6.09. The smallest absolute Gasteiger partial charge is 0.319 e. The van der Waals surface area contributed by atoms with Crippen molar-refractivity contribution in [2.24, 2.45) is 0 Å². The van der Waals surface area contributed by atoms with Crippen molar-refractivity contribution in [2.45, 2.75) is 12.8 Å². The van der Waals surface area contributed by atoms with Gasteiger partial charge in [0.1, 0.15) is 5.69 Å². The summed E-state index contributed by atoms with van der Waals surface area (Å²) in [4.78, 5) is 37.5. The van der Waals surface area contributed by atoms with E-state index in [9.17, 15) is 14.4 Å². The van der Waals surface area contributed by atoms with Gasteiger partial charge in [-0.05, 0) is 6.92 Å². The van der Waals surface area contributed by atoms with Crippen LogP contribution in [0.3, 0.4) is 0 Å². The molecule has 0 saturated carbocycles. The molecule has 0 fully saturated rings. The highest BCUT2D eigenvalue weighted by Gasteiger charge is 2.29. The summed E-state index contributed by atoms with van der Waals surface area (Å²) in [5.74, 6) is -0.743. The lowest BCUT2D eigenvalue weighted by Gasteiger charge is -1.97. The molecule has 2 heterocycles.